The van der Waals surface area contributed by atoms with Crippen molar-refractivity contribution in [2.75, 3.05) is 9.80 Å². The lowest BCUT2D eigenvalue weighted by Gasteiger charge is -2.39. The number of nitrogens with zero attached hydrogens (tertiary/aromatic N) is 2. The second-order valence-corrected chi connectivity index (χ2v) is 13.3. The predicted molar refractivity (Wildman–Crippen MR) is 212 cm³/mol. The molecule has 51 heavy (non-hydrogen) atoms. The van der Waals surface area contributed by atoms with Crippen molar-refractivity contribution in [3.63, 3.8) is 0 Å². The maximum Gasteiger partial charge on any atom is 0.256 e. The summed E-state index contributed by atoms with van der Waals surface area (Å²) in [6, 6.07) is 62.1. The van der Waals surface area contributed by atoms with Crippen molar-refractivity contribution in [1.82, 2.24) is 0 Å². The fourth-order valence-electron chi connectivity index (χ4n) is 8.37. The van der Waals surface area contributed by atoms with Gasteiger partial charge in [0.05, 0.1) is 5.69 Å². The summed E-state index contributed by atoms with van der Waals surface area (Å²) in [6.45, 7) is -0.00678. The second kappa shape index (κ2) is 10.9. The van der Waals surface area contributed by atoms with Crippen LogP contribution in [0, 0.1) is 0 Å². The molecule has 3 heterocycles. The minimum absolute atomic E-state index is 0.00678. The van der Waals surface area contributed by atoms with Crippen molar-refractivity contribution in [3.05, 3.63) is 176 Å². The number of fused-ring (bicyclic) bond motifs is 9. The van der Waals surface area contributed by atoms with Crippen LogP contribution in [0.25, 0.3) is 32.7 Å². The highest BCUT2D eigenvalue weighted by molar-refractivity contribution is 6.99. The normalized spacial score (nSPS) is 12.8. The minimum atomic E-state index is -0.00678. The van der Waals surface area contributed by atoms with E-state index >= 15 is 0 Å². The molecule has 0 bridgehead atoms. The maximum absolute atomic E-state index is 6.90. The van der Waals surface area contributed by atoms with Gasteiger partial charge in [0.25, 0.3) is 6.71 Å². The lowest BCUT2D eigenvalue weighted by atomic mass is 9.34. The summed E-state index contributed by atoms with van der Waals surface area (Å²) in [6.07, 6.45) is 0. The molecule has 0 radical (unpaired) electrons. The molecule has 0 saturated carbocycles. The Balaban J connectivity index is 1.15. The van der Waals surface area contributed by atoms with Crippen LogP contribution in [0.4, 0.5) is 34.1 Å². The zero-order chi connectivity index (χ0) is 33.5. The predicted octanol–water partition coefficient (Wildman–Crippen LogP) is 10.6. The fraction of sp³-hybridized carbons (Fsp3) is 0. The van der Waals surface area contributed by atoms with Gasteiger partial charge in [-0.2, -0.15) is 0 Å². The van der Waals surface area contributed by atoms with Crippen LogP contribution in [-0.4, -0.2) is 6.71 Å². The van der Waals surface area contributed by atoms with Crippen LogP contribution in [0.15, 0.2) is 180 Å². The molecule has 2 aliphatic rings. The number of para-hydroxylation sites is 4. The van der Waals surface area contributed by atoms with Gasteiger partial charge in [-0.1, -0.05) is 103 Å². The average molecular weight is 653 g/mol. The molecule has 0 aliphatic carbocycles. The highest BCUT2D eigenvalue weighted by Crippen LogP contribution is 2.46. The Bertz CT molecular complexity index is 2760. The Hall–Kier alpha value is -6.72. The Morgan fingerprint density at radius 2 is 1.12 bits per heavy atom. The highest BCUT2D eigenvalue weighted by Gasteiger charge is 2.42. The Morgan fingerprint density at radius 3 is 1.88 bits per heavy atom. The topological polar surface area (TPSA) is 28.9 Å². The molecule has 8 aromatic carbocycles. The van der Waals surface area contributed by atoms with Gasteiger partial charge in [0, 0.05) is 50.7 Å². The van der Waals surface area contributed by atoms with Gasteiger partial charge in [0.2, 0.25) is 0 Å². The van der Waals surface area contributed by atoms with E-state index < -0.39 is 0 Å². The first-order chi connectivity index (χ1) is 25.3. The molecule has 11 rings (SSSR count). The molecule has 4 nitrogen and oxygen atoms in total. The number of hydrogen-bond acceptors (Lipinski definition) is 4. The summed E-state index contributed by atoms with van der Waals surface area (Å²) in [5.74, 6) is 1.76. The van der Waals surface area contributed by atoms with Gasteiger partial charge in [-0.15, -0.1) is 0 Å². The summed E-state index contributed by atoms with van der Waals surface area (Å²) in [5, 5.41) is 4.43. The summed E-state index contributed by atoms with van der Waals surface area (Å²) in [7, 11) is 0. The van der Waals surface area contributed by atoms with Gasteiger partial charge in [0.15, 0.2) is 0 Å². The lowest BCUT2D eigenvalue weighted by molar-refractivity contribution is 0.488. The van der Waals surface area contributed by atoms with E-state index in [9.17, 15) is 0 Å². The van der Waals surface area contributed by atoms with Crippen molar-refractivity contribution in [2.45, 2.75) is 0 Å². The third-order valence-corrected chi connectivity index (χ3v) is 10.5. The van der Waals surface area contributed by atoms with E-state index in [0.29, 0.717) is 0 Å². The quantitative estimate of drug-likeness (QED) is 0.177. The highest BCUT2D eigenvalue weighted by atomic mass is 16.5. The molecule has 5 heteroatoms. The number of anilines is 6. The zero-order valence-electron chi connectivity index (χ0n) is 27.5. The van der Waals surface area contributed by atoms with E-state index in [1.165, 1.54) is 16.6 Å². The van der Waals surface area contributed by atoms with Crippen LogP contribution < -0.4 is 30.9 Å². The summed E-state index contributed by atoms with van der Waals surface area (Å²) in [5.41, 5.74) is 11.9. The van der Waals surface area contributed by atoms with E-state index in [2.05, 4.69) is 186 Å². The van der Waals surface area contributed by atoms with Gasteiger partial charge in [0.1, 0.15) is 22.7 Å². The van der Waals surface area contributed by atoms with Crippen LogP contribution >= 0.6 is 0 Å². The van der Waals surface area contributed by atoms with Gasteiger partial charge in [-0.25, -0.2) is 0 Å². The molecule has 0 N–H and O–H groups in total. The van der Waals surface area contributed by atoms with Crippen LogP contribution in [0.5, 0.6) is 11.5 Å². The number of hydrogen-bond donors (Lipinski definition) is 0. The largest absolute Gasteiger partial charge is 0.458 e. The van der Waals surface area contributed by atoms with Gasteiger partial charge < -0.3 is 19.0 Å². The molecule has 1 aromatic heterocycles. The van der Waals surface area contributed by atoms with Crippen LogP contribution in [0.3, 0.4) is 0 Å². The molecule has 0 atom stereocenters. The lowest BCUT2D eigenvalue weighted by Crippen LogP contribution is -2.59. The molecule has 0 saturated heterocycles. The van der Waals surface area contributed by atoms with Crippen molar-refractivity contribution in [3.8, 4) is 11.5 Å². The van der Waals surface area contributed by atoms with E-state index in [4.69, 9.17) is 9.15 Å². The van der Waals surface area contributed by atoms with Gasteiger partial charge >= 0.3 is 0 Å². The van der Waals surface area contributed by atoms with Gasteiger partial charge in [-0.05, 0) is 88.5 Å². The summed E-state index contributed by atoms with van der Waals surface area (Å²) >= 11 is 0. The molecule has 0 amide bonds. The minimum Gasteiger partial charge on any atom is -0.458 e. The van der Waals surface area contributed by atoms with E-state index in [1.807, 2.05) is 0 Å². The van der Waals surface area contributed by atoms with Gasteiger partial charge in [-0.3, -0.25) is 0 Å². The zero-order valence-corrected chi connectivity index (χ0v) is 27.5. The third kappa shape index (κ3) is 4.15. The Kier molecular flexibility index (Phi) is 6.01. The maximum atomic E-state index is 6.90. The molecule has 2 aliphatic heterocycles. The first-order valence-electron chi connectivity index (χ1n) is 17.4. The standard InChI is InChI=1S/C46H29BN2O2/c1-4-15-30(16-5-1)48(31-17-6-2-7-18-31)40-29-44-45(34-22-11-10-21-33(34)40)35-27-43-37(28-42(35)51-44)47-36-23-12-13-24-38(36)49(32-19-8-3-9-20-32)39-25-14-26-41(50-43)46(39)47/h1-29H. The first-order valence-corrected chi connectivity index (χ1v) is 17.4. The first kappa shape index (κ1) is 28.2. The van der Waals surface area contributed by atoms with Crippen molar-refractivity contribution in [1.29, 1.82) is 0 Å². The van der Waals surface area contributed by atoms with Crippen LogP contribution in [-0.2, 0) is 0 Å². The molecule has 238 valence electrons. The van der Waals surface area contributed by atoms with E-state index in [1.54, 1.807) is 0 Å². The third-order valence-electron chi connectivity index (χ3n) is 10.5. The molecule has 0 unspecified atom stereocenters. The number of benzene rings is 8. The van der Waals surface area contributed by atoms with Crippen molar-refractivity contribution >= 4 is 89.9 Å². The van der Waals surface area contributed by atoms with Crippen molar-refractivity contribution in [2.24, 2.45) is 0 Å². The number of ether oxygens (including phenoxy) is 1. The molecular formula is C46H29BN2O2. The Morgan fingerprint density at radius 1 is 0.471 bits per heavy atom. The Labute approximate surface area is 295 Å². The molecular weight excluding hydrogens is 623 g/mol. The van der Waals surface area contributed by atoms with E-state index in [-0.39, 0.29) is 6.71 Å². The fourth-order valence-corrected chi connectivity index (χ4v) is 8.37. The van der Waals surface area contributed by atoms with E-state index in [0.717, 1.165) is 78.1 Å². The molecule has 9 aromatic rings. The number of rotatable bonds is 4. The summed E-state index contributed by atoms with van der Waals surface area (Å²) < 4.78 is 13.8. The second-order valence-electron chi connectivity index (χ2n) is 13.3. The summed E-state index contributed by atoms with van der Waals surface area (Å²) in [4.78, 5) is 4.68. The SMILES string of the molecule is c1ccc(N2c3ccccc3B3c4cc5oc6cc(N(c7ccccc7)c7ccccc7)c7ccccc7c6c5cc4Oc4cccc2c43)cc1. The molecule has 0 fully saturated rings. The van der Waals surface area contributed by atoms with Crippen molar-refractivity contribution < 1.29 is 9.15 Å². The monoisotopic (exact) mass is 652 g/mol. The van der Waals surface area contributed by atoms with Crippen LogP contribution in [0.1, 0.15) is 0 Å². The number of furan rings is 1. The molecule has 0 spiro atoms. The average Bonchev–Trinajstić information content (AvgIpc) is 3.55. The van der Waals surface area contributed by atoms with Crippen LogP contribution in [0.2, 0.25) is 0 Å². The smallest absolute Gasteiger partial charge is 0.256 e.